The van der Waals surface area contributed by atoms with Gasteiger partial charge in [-0.3, -0.25) is 0 Å². The zero-order valence-electron chi connectivity index (χ0n) is 6.57. The first-order chi connectivity index (χ1) is 3.95. The van der Waals surface area contributed by atoms with Crippen LogP contribution in [0.25, 0.3) is 0 Å². The Labute approximate surface area is 79.3 Å². The number of rotatable bonds is 3. The van der Waals surface area contributed by atoms with Crippen LogP contribution in [0.2, 0.25) is 0 Å². The van der Waals surface area contributed by atoms with E-state index < -0.39 is 0 Å². The highest BCUT2D eigenvalue weighted by atomic mass is 35.5. The van der Waals surface area contributed by atoms with Gasteiger partial charge in [0.2, 0.25) is 0 Å². The van der Waals surface area contributed by atoms with E-state index in [9.17, 15) is 0 Å². The molecular formula is C6H14Cl3N. The van der Waals surface area contributed by atoms with Gasteiger partial charge in [-0.15, -0.1) is 23.2 Å². The highest BCUT2D eigenvalue weighted by Crippen LogP contribution is 2.03. The summed E-state index contributed by atoms with van der Waals surface area (Å²) in [7, 11) is 6.30. The van der Waals surface area contributed by atoms with Gasteiger partial charge in [0.05, 0.1) is 33.1 Å². The molecule has 0 aromatic heterocycles. The molecule has 0 radical (unpaired) electrons. The summed E-state index contributed by atoms with van der Waals surface area (Å²) in [5, 5.41) is 0.103. The molecule has 0 unspecified atom stereocenters. The summed E-state index contributed by atoms with van der Waals surface area (Å²) in [5.41, 5.74) is 0. The largest absolute Gasteiger partial charge is 1.00 e. The van der Waals surface area contributed by atoms with Crippen LogP contribution in [0.3, 0.4) is 0 Å². The van der Waals surface area contributed by atoms with E-state index in [0.717, 1.165) is 11.0 Å². The molecule has 10 heavy (non-hydrogen) atoms. The average Bonchev–Trinajstić information content (AvgIpc) is 1.62. The van der Waals surface area contributed by atoms with Crippen LogP contribution in [-0.4, -0.2) is 43.4 Å². The number of hydrogen-bond acceptors (Lipinski definition) is 0. The van der Waals surface area contributed by atoms with Crippen molar-refractivity contribution < 1.29 is 16.9 Å². The van der Waals surface area contributed by atoms with E-state index in [-0.39, 0.29) is 17.8 Å². The molecule has 1 atom stereocenters. The summed E-state index contributed by atoms with van der Waals surface area (Å²) in [5.74, 6) is 0.539. The van der Waals surface area contributed by atoms with Crippen molar-refractivity contribution in [3.8, 4) is 0 Å². The van der Waals surface area contributed by atoms with Crippen molar-refractivity contribution in [2.24, 2.45) is 0 Å². The Bertz CT molecular complexity index is 79.6. The molecule has 0 rings (SSSR count). The second-order valence-corrected chi connectivity index (χ2v) is 4.15. The van der Waals surface area contributed by atoms with Gasteiger partial charge >= 0.3 is 0 Å². The normalized spacial score (nSPS) is 14.1. The molecule has 64 valence electrons. The summed E-state index contributed by atoms with van der Waals surface area (Å²) in [4.78, 5) is 0. The Morgan fingerprint density at radius 1 is 1.30 bits per heavy atom. The molecule has 0 aliphatic rings. The van der Waals surface area contributed by atoms with Crippen molar-refractivity contribution in [3.63, 3.8) is 0 Å². The summed E-state index contributed by atoms with van der Waals surface area (Å²) < 4.78 is 0.876. The highest BCUT2D eigenvalue weighted by molar-refractivity contribution is 6.28. The van der Waals surface area contributed by atoms with Gasteiger partial charge in [0.1, 0.15) is 0 Å². The quantitative estimate of drug-likeness (QED) is 0.391. The van der Waals surface area contributed by atoms with Crippen molar-refractivity contribution in [3.05, 3.63) is 0 Å². The third-order valence-electron chi connectivity index (χ3n) is 0.913. The number of quaternary nitrogens is 1. The molecule has 0 aromatic rings. The third-order valence-corrected chi connectivity index (χ3v) is 1.74. The fraction of sp³-hybridized carbons (Fsp3) is 1.00. The topological polar surface area (TPSA) is 0 Å². The van der Waals surface area contributed by atoms with Crippen molar-refractivity contribution in [2.75, 3.05) is 33.6 Å². The molecule has 0 spiro atoms. The van der Waals surface area contributed by atoms with E-state index in [2.05, 4.69) is 21.1 Å². The van der Waals surface area contributed by atoms with Crippen LogP contribution in [0.5, 0.6) is 0 Å². The van der Waals surface area contributed by atoms with E-state index in [1.54, 1.807) is 0 Å². The summed E-state index contributed by atoms with van der Waals surface area (Å²) >= 11 is 11.3. The predicted octanol–water partition coefficient (Wildman–Crippen LogP) is -1.46. The molecule has 0 aliphatic heterocycles. The maximum atomic E-state index is 5.80. The van der Waals surface area contributed by atoms with Crippen LogP contribution in [-0.2, 0) is 0 Å². The molecule has 1 nitrogen and oxygen atoms in total. The van der Waals surface area contributed by atoms with E-state index in [1.807, 2.05) is 0 Å². The molecule has 0 fully saturated rings. The second kappa shape index (κ2) is 5.48. The smallest absolute Gasteiger partial charge is 0.0960 e. The lowest BCUT2D eigenvalue weighted by Gasteiger charge is -2.25. The minimum atomic E-state index is 0. The molecule has 0 aromatic carbocycles. The van der Waals surface area contributed by atoms with Crippen LogP contribution in [0, 0.1) is 0 Å². The zero-order chi connectivity index (χ0) is 7.49. The van der Waals surface area contributed by atoms with Crippen LogP contribution in [0.15, 0.2) is 0 Å². The SMILES string of the molecule is C[N+](C)(C)C[C@H](Cl)CCl.[Cl-]. The fourth-order valence-corrected chi connectivity index (χ4v) is 1.15. The molecular weight excluding hydrogens is 192 g/mol. The van der Waals surface area contributed by atoms with Crippen LogP contribution >= 0.6 is 23.2 Å². The van der Waals surface area contributed by atoms with Gasteiger partial charge in [0, 0.05) is 5.88 Å². The van der Waals surface area contributed by atoms with E-state index >= 15 is 0 Å². The molecule has 0 saturated carbocycles. The van der Waals surface area contributed by atoms with Gasteiger partial charge < -0.3 is 16.9 Å². The Morgan fingerprint density at radius 2 is 1.70 bits per heavy atom. The van der Waals surface area contributed by atoms with Crippen molar-refractivity contribution in [1.29, 1.82) is 0 Å². The number of halogens is 3. The lowest BCUT2D eigenvalue weighted by atomic mass is 10.4. The first kappa shape index (κ1) is 13.4. The lowest BCUT2D eigenvalue weighted by molar-refractivity contribution is -0.869. The first-order valence-corrected chi connectivity index (χ1v) is 3.93. The van der Waals surface area contributed by atoms with Crippen LogP contribution in [0.1, 0.15) is 0 Å². The van der Waals surface area contributed by atoms with Gasteiger partial charge in [-0.05, 0) is 0 Å². The van der Waals surface area contributed by atoms with Crippen LogP contribution in [0.4, 0.5) is 0 Å². The minimum Gasteiger partial charge on any atom is -1.00 e. The molecule has 0 bridgehead atoms. The standard InChI is InChI=1S/C6H14Cl2N.ClH/c1-9(2,3)5-6(8)4-7;/h6H,4-5H2,1-3H3;1H/q+1;/p-1/t6-;/m1./s1. The van der Waals surface area contributed by atoms with Gasteiger partial charge in [-0.25, -0.2) is 0 Å². The Balaban J connectivity index is 0. The van der Waals surface area contributed by atoms with E-state index in [1.165, 1.54) is 0 Å². The second-order valence-electron chi connectivity index (χ2n) is 3.22. The van der Waals surface area contributed by atoms with Crippen molar-refractivity contribution in [1.82, 2.24) is 0 Å². The highest BCUT2D eigenvalue weighted by Gasteiger charge is 2.13. The maximum absolute atomic E-state index is 5.80. The zero-order valence-corrected chi connectivity index (χ0v) is 8.84. The van der Waals surface area contributed by atoms with Gasteiger partial charge in [-0.2, -0.15) is 0 Å². The maximum Gasteiger partial charge on any atom is 0.0960 e. The predicted molar refractivity (Wildman–Crippen MR) is 43.3 cm³/mol. The number of hydrogen-bond donors (Lipinski definition) is 0. The number of alkyl halides is 2. The van der Waals surface area contributed by atoms with Gasteiger partial charge in [0.15, 0.2) is 0 Å². The molecule has 4 heteroatoms. The average molecular weight is 207 g/mol. The Morgan fingerprint density at radius 3 is 1.80 bits per heavy atom. The molecule has 0 amide bonds. The Hall–Kier alpha value is 0.830. The Kier molecular flexibility index (Phi) is 7.35. The number of nitrogens with zero attached hydrogens (tertiary/aromatic N) is 1. The molecule has 0 aliphatic carbocycles. The van der Waals surface area contributed by atoms with Crippen molar-refractivity contribution in [2.45, 2.75) is 5.38 Å². The van der Waals surface area contributed by atoms with E-state index in [4.69, 9.17) is 23.2 Å². The summed E-state index contributed by atoms with van der Waals surface area (Å²) in [6.45, 7) is 0.922. The molecule has 0 heterocycles. The third kappa shape index (κ3) is 8.83. The first-order valence-electron chi connectivity index (χ1n) is 2.96. The van der Waals surface area contributed by atoms with Crippen molar-refractivity contribution >= 4 is 23.2 Å². The fourth-order valence-electron chi connectivity index (χ4n) is 0.643. The lowest BCUT2D eigenvalue weighted by Crippen LogP contribution is -3.00. The van der Waals surface area contributed by atoms with Crippen LogP contribution < -0.4 is 12.4 Å². The molecule has 0 N–H and O–H groups in total. The minimum absolute atomic E-state index is 0. The van der Waals surface area contributed by atoms with E-state index in [0.29, 0.717) is 5.88 Å². The summed E-state index contributed by atoms with van der Waals surface area (Å²) in [6.07, 6.45) is 0. The monoisotopic (exact) mass is 205 g/mol. The van der Waals surface area contributed by atoms with Gasteiger partial charge in [0.25, 0.3) is 0 Å². The molecule has 0 saturated heterocycles. The summed E-state index contributed by atoms with van der Waals surface area (Å²) in [6, 6.07) is 0. The van der Waals surface area contributed by atoms with Gasteiger partial charge in [-0.1, -0.05) is 0 Å².